The van der Waals surface area contributed by atoms with Gasteiger partial charge in [-0.3, -0.25) is 14.8 Å². The largest absolute Gasteiger partial charge is 0.352 e. The van der Waals surface area contributed by atoms with Crippen molar-refractivity contribution in [2.45, 2.75) is 6.54 Å². The lowest BCUT2D eigenvalue weighted by atomic mass is 10.2. The maximum absolute atomic E-state index is 10.7. The second-order valence-corrected chi connectivity index (χ2v) is 5.37. The van der Waals surface area contributed by atoms with Gasteiger partial charge >= 0.3 is 0 Å². The number of rotatable bonds is 5. The number of nitro groups is 1. The maximum Gasteiger partial charge on any atom is 0.271 e. The molecule has 1 aromatic heterocycles. The molecule has 3 aromatic rings. The normalized spacial score (nSPS) is 10.5. The Labute approximate surface area is 137 Å². The van der Waals surface area contributed by atoms with Crippen molar-refractivity contribution in [3.63, 3.8) is 0 Å². The Morgan fingerprint density at radius 3 is 2.70 bits per heavy atom. The minimum absolute atomic E-state index is 0.0414. The molecule has 0 saturated heterocycles. The van der Waals surface area contributed by atoms with Gasteiger partial charge < -0.3 is 5.32 Å². The number of hydrogen-bond donors (Lipinski definition) is 1. The van der Waals surface area contributed by atoms with Crippen LogP contribution in [0.3, 0.4) is 0 Å². The van der Waals surface area contributed by atoms with Crippen LogP contribution in [0.1, 0.15) is 5.56 Å². The summed E-state index contributed by atoms with van der Waals surface area (Å²) in [5.41, 5.74) is 2.46. The number of nitro benzene ring substituents is 1. The maximum atomic E-state index is 10.7. The lowest BCUT2D eigenvalue weighted by Gasteiger charge is -2.05. The van der Waals surface area contributed by atoms with Gasteiger partial charge in [0.1, 0.15) is 0 Å². The third kappa shape index (κ3) is 3.67. The summed E-state index contributed by atoms with van der Waals surface area (Å²) in [6, 6.07) is 14.3. The zero-order valence-corrected chi connectivity index (χ0v) is 12.8. The van der Waals surface area contributed by atoms with Gasteiger partial charge in [-0.15, -0.1) is 0 Å². The molecular formula is C16H13ClN4O2. The van der Waals surface area contributed by atoms with Gasteiger partial charge in [-0.1, -0.05) is 41.9 Å². The number of benzene rings is 2. The van der Waals surface area contributed by atoms with Crippen molar-refractivity contribution in [1.29, 1.82) is 0 Å². The summed E-state index contributed by atoms with van der Waals surface area (Å²) < 4.78 is 1.80. The summed E-state index contributed by atoms with van der Waals surface area (Å²) in [5.74, 6) is 0. The fraction of sp³-hybridized carbons (Fsp3) is 0.0625. The minimum atomic E-state index is -0.479. The van der Waals surface area contributed by atoms with Crippen LogP contribution in [-0.4, -0.2) is 14.7 Å². The highest BCUT2D eigenvalue weighted by atomic mass is 35.5. The summed E-state index contributed by atoms with van der Waals surface area (Å²) >= 11 is 6.07. The first kappa shape index (κ1) is 15.1. The molecule has 6 nitrogen and oxygen atoms in total. The molecule has 23 heavy (non-hydrogen) atoms. The van der Waals surface area contributed by atoms with E-state index in [4.69, 9.17) is 11.6 Å². The average molecular weight is 329 g/mol. The van der Waals surface area contributed by atoms with Gasteiger partial charge in [0, 0.05) is 18.3 Å². The standard InChI is InChI=1S/C16H13ClN4O2/c17-15-8-14(21(22)23)6-7-16(15)19-13-9-18-20(11-13)10-12-4-2-1-3-5-12/h1-9,11,19H,10H2. The SMILES string of the molecule is O=[N+]([O-])c1ccc(Nc2cnn(Cc3ccccc3)c2)c(Cl)c1. The van der Waals surface area contributed by atoms with Crippen molar-refractivity contribution in [2.24, 2.45) is 0 Å². The van der Waals surface area contributed by atoms with Gasteiger partial charge in [0.05, 0.1) is 34.1 Å². The predicted molar refractivity (Wildman–Crippen MR) is 89.2 cm³/mol. The van der Waals surface area contributed by atoms with Gasteiger partial charge in [-0.05, 0) is 11.6 Å². The van der Waals surface area contributed by atoms with E-state index < -0.39 is 4.92 Å². The molecule has 0 aliphatic carbocycles. The molecule has 0 aliphatic heterocycles. The number of anilines is 2. The van der Waals surface area contributed by atoms with Crippen molar-refractivity contribution in [3.05, 3.63) is 81.6 Å². The van der Waals surface area contributed by atoms with Crippen molar-refractivity contribution in [2.75, 3.05) is 5.32 Å². The van der Waals surface area contributed by atoms with Crippen molar-refractivity contribution >= 4 is 28.7 Å². The second kappa shape index (κ2) is 6.50. The quantitative estimate of drug-likeness (QED) is 0.561. The monoisotopic (exact) mass is 328 g/mol. The highest BCUT2D eigenvalue weighted by molar-refractivity contribution is 6.33. The lowest BCUT2D eigenvalue weighted by Crippen LogP contribution is -1.99. The topological polar surface area (TPSA) is 73.0 Å². The number of aromatic nitrogens is 2. The van der Waals surface area contributed by atoms with E-state index in [-0.39, 0.29) is 10.7 Å². The molecule has 1 heterocycles. The molecule has 0 aliphatic rings. The van der Waals surface area contributed by atoms with Gasteiger partial charge in [0.2, 0.25) is 0 Å². The fourth-order valence-electron chi connectivity index (χ4n) is 2.16. The van der Waals surface area contributed by atoms with E-state index in [1.807, 2.05) is 36.5 Å². The van der Waals surface area contributed by atoms with E-state index in [1.165, 1.54) is 12.1 Å². The first-order valence-electron chi connectivity index (χ1n) is 6.89. The average Bonchev–Trinajstić information content (AvgIpc) is 2.97. The number of halogens is 1. The summed E-state index contributed by atoms with van der Waals surface area (Å²) in [6.07, 6.45) is 3.53. The Kier molecular flexibility index (Phi) is 4.25. The minimum Gasteiger partial charge on any atom is -0.352 e. The molecule has 0 fully saturated rings. The molecule has 0 amide bonds. The second-order valence-electron chi connectivity index (χ2n) is 4.96. The van der Waals surface area contributed by atoms with Gasteiger partial charge in [0.25, 0.3) is 5.69 Å². The van der Waals surface area contributed by atoms with E-state index in [9.17, 15) is 10.1 Å². The zero-order valence-electron chi connectivity index (χ0n) is 12.0. The molecule has 0 spiro atoms. The first-order valence-corrected chi connectivity index (χ1v) is 7.27. The number of hydrogen-bond acceptors (Lipinski definition) is 4. The Morgan fingerprint density at radius 2 is 2.00 bits per heavy atom. The number of non-ortho nitro benzene ring substituents is 1. The Hall–Kier alpha value is -2.86. The zero-order chi connectivity index (χ0) is 16.2. The molecule has 1 N–H and O–H groups in total. The van der Waals surface area contributed by atoms with Crippen molar-refractivity contribution in [1.82, 2.24) is 9.78 Å². The molecule has 3 rings (SSSR count). The number of nitrogens with one attached hydrogen (secondary N) is 1. The van der Waals surface area contributed by atoms with Crippen LogP contribution < -0.4 is 5.32 Å². The van der Waals surface area contributed by atoms with Crippen LogP contribution in [0.4, 0.5) is 17.1 Å². The molecule has 0 unspecified atom stereocenters. The highest BCUT2D eigenvalue weighted by Gasteiger charge is 2.10. The molecular weight excluding hydrogens is 316 g/mol. The molecule has 0 atom stereocenters. The molecule has 0 saturated carbocycles. The Bertz CT molecular complexity index is 833. The molecule has 116 valence electrons. The van der Waals surface area contributed by atoms with Crippen LogP contribution in [0.25, 0.3) is 0 Å². The van der Waals surface area contributed by atoms with Crippen LogP contribution in [-0.2, 0) is 6.54 Å². The highest BCUT2D eigenvalue weighted by Crippen LogP contribution is 2.29. The number of nitrogens with zero attached hydrogens (tertiary/aromatic N) is 3. The lowest BCUT2D eigenvalue weighted by molar-refractivity contribution is -0.384. The Morgan fingerprint density at radius 1 is 1.22 bits per heavy atom. The summed E-state index contributed by atoms with van der Waals surface area (Å²) in [6.45, 7) is 0.663. The predicted octanol–water partition coefficient (Wildman–Crippen LogP) is 4.24. The van der Waals surface area contributed by atoms with Crippen LogP contribution in [0.2, 0.25) is 5.02 Å². The molecule has 0 radical (unpaired) electrons. The van der Waals surface area contributed by atoms with E-state index in [0.717, 1.165) is 11.3 Å². The first-order chi connectivity index (χ1) is 11.1. The van der Waals surface area contributed by atoms with E-state index in [0.29, 0.717) is 12.2 Å². The van der Waals surface area contributed by atoms with E-state index in [1.54, 1.807) is 16.9 Å². The van der Waals surface area contributed by atoms with Crippen molar-refractivity contribution < 1.29 is 4.92 Å². The Balaban J connectivity index is 1.73. The van der Waals surface area contributed by atoms with Crippen LogP contribution in [0.15, 0.2) is 60.9 Å². The van der Waals surface area contributed by atoms with E-state index in [2.05, 4.69) is 10.4 Å². The smallest absolute Gasteiger partial charge is 0.271 e. The van der Waals surface area contributed by atoms with Crippen LogP contribution >= 0.6 is 11.6 Å². The molecule has 2 aromatic carbocycles. The van der Waals surface area contributed by atoms with Crippen LogP contribution in [0, 0.1) is 10.1 Å². The van der Waals surface area contributed by atoms with Gasteiger partial charge in [-0.2, -0.15) is 5.10 Å². The molecule has 0 bridgehead atoms. The van der Waals surface area contributed by atoms with Crippen LogP contribution in [0.5, 0.6) is 0 Å². The summed E-state index contributed by atoms with van der Waals surface area (Å²) in [7, 11) is 0. The summed E-state index contributed by atoms with van der Waals surface area (Å²) in [5, 5.41) is 18.4. The van der Waals surface area contributed by atoms with Gasteiger partial charge in [-0.25, -0.2) is 0 Å². The fourth-order valence-corrected chi connectivity index (χ4v) is 2.38. The van der Waals surface area contributed by atoms with E-state index >= 15 is 0 Å². The third-order valence-corrected chi connectivity index (χ3v) is 3.58. The molecule has 7 heteroatoms. The van der Waals surface area contributed by atoms with Gasteiger partial charge in [0.15, 0.2) is 0 Å². The summed E-state index contributed by atoms with van der Waals surface area (Å²) in [4.78, 5) is 10.2. The van der Waals surface area contributed by atoms with Crippen molar-refractivity contribution in [3.8, 4) is 0 Å². The third-order valence-electron chi connectivity index (χ3n) is 3.26.